The van der Waals surface area contributed by atoms with Gasteiger partial charge in [-0.3, -0.25) is 23.7 Å². The number of rotatable bonds is 6. The molecule has 2 aliphatic heterocycles. The number of halogens is 1. The Hall–Kier alpha value is -3.86. The summed E-state index contributed by atoms with van der Waals surface area (Å²) >= 11 is 8.10. The number of nitrogens with zero attached hydrogens (tertiary/aromatic N) is 2. The standard InChI is InChI=1S/C29H22ClN3O5S2/c1-38-20-10-6-5-9-19(20)22-23-24(27(36)33(26(23)35)18-7-3-2-4-8-18)39-28-25(22)40-29(37)32(28)15-21(34)31-17-13-11-16(30)12-14-17/h2-14,22-24H,15H2,1H3,(H,31,34). The second-order valence-electron chi connectivity index (χ2n) is 9.31. The van der Waals surface area contributed by atoms with E-state index in [1.165, 1.54) is 21.2 Å². The summed E-state index contributed by atoms with van der Waals surface area (Å²) in [6.07, 6.45) is 0. The second kappa shape index (κ2) is 10.6. The quantitative estimate of drug-likeness (QED) is 0.317. The summed E-state index contributed by atoms with van der Waals surface area (Å²) in [6.45, 7) is -0.249. The Balaban J connectivity index is 1.43. The molecule has 3 atom stereocenters. The van der Waals surface area contributed by atoms with E-state index in [2.05, 4.69) is 5.32 Å². The summed E-state index contributed by atoms with van der Waals surface area (Å²) in [7, 11) is 1.54. The van der Waals surface area contributed by atoms with E-state index >= 15 is 0 Å². The second-order valence-corrected chi connectivity index (χ2v) is 11.9. The van der Waals surface area contributed by atoms with Crippen LogP contribution in [0.4, 0.5) is 11.4 Å². The van der Waals surface area contributed by atoms with E-state index in [1.54, 1.807) is 61.7 Å². The van der Waals surface area contributed by atoms with Crippen molar-refractivity contribution in [3.8, 4) is 5.75 Å². The van der Waals surface area contributed by atoms with Gasteiger partial charge in [-0.05, 0) is 42.5 Å². The molecule has 6 rings (SSSR count). The highest BCUT2D eigenvalue weighted by Gasteiger charge is 2.57. The molecule has 3 amide bonds. The van der Waals surface area contributed by atoms with E-state index in [-0.39, 0.29) is 23.2 Å². The minimum Gasteiger partial charge on any atom is -0.496 e. The van der Waals surface area contributed by atoms with Crippen molar-refractivity contribution in [3.63, 3.8) is 0 Å². The molecular formula is C29H22ClN3O5S2. The molecule has 1 N–H and O–H groups in total. The van der Waals surface area contributed by atoms with E-state index in [0.29, 0.717) is 37.6 Å². The van der Waals surface area contributed by atoms with Crippen LogP contribution in [0, 0.1) is 5.92 Å². The number of aromatic nitrogens is 1. The topological polar surface area (TPSA) is 97.7 Å². The Labute approximate surface area is 242 Å². The van der Waals surface area contributed by atoms with Gasteiger partial charge in [-0.2, -0.15) is 0 Å². The third kappa shape index (κ3) is 4.51. The van der Waals surface area contributed by atoms with Crippen molar-refractivity contribution in [1.29, 1.82) is 0 Å². The predicted molar refractivity (Wildman–Crippen MR) is 156 cm³/mol. The summed E-state index contributed by atoms with van der Waals surface area (Å²) in [6, 6.07) is 22.8. The van der Waals surface area contributed by atoms with Gasteiger partial charge in [0.25, 0.3) is 0 Å². The van der Waals surface area contributed by atoms with Crippen LogP contribution < -0.4 is 19.8 Å². The molecule has 0 saturated carbocycles. The van der Waals surface area contributed by atoms with Crippen LogP contribution in [0.2, 0.25) is 5.02 Å². The highest BCUT2D eigenvalue weighted by Crippen LogP contribution is 2.55. The largest absolute Gasteiger partial charge is 0.496 e. The fourth-order valence-corrected chi connectivity index (χ4v) is 8.11. The zero-order chi connectivity index (χ0) is 28.0. The number of carbonyl (C=O) groups is 3. The number of methoxy groups -OCH3 is 1. The number of hydrogen-bond donors (Lipinski definition) is 1. The van der Waals surface area contributed by atoms with Crippen LogP contribution in [-0.4, -0.2) is 34.6 Å². The van der Waals surface area contributed by atoms with Crippen LogP contribution in [0.15, 0.2) is 88.7 Å². The number of anilines is 2. The molecule has 2 aliphatic rings. The lowest BCUT2D eigenvalue weighted by Crippen LogP contribution is -2.33. The number of fused-ring (bicyclic) bond motifs is 2. The molecule has 1 fully saturated rings. The van der Waals surface area contributed by atoms with Crippen molar-refractivity contribution < 1.29 is 19.1 Å². The van der Waals surface area contributed by atoms with Gasteiger partial charge in [0.1, 0.15) is 17.5 Å². The molecule has 4 aromatic rings. The first-order valence-electron chi connectivity index (χ1n) is 12.4. The number of thiazole rings is 1. The van der Waals surface area contributed by atoms with Crippen molar-refractivity contribution >= 4 is 63.8 Å². The van der Waals surface area contributed by atoms with Crippen LogP contribution >= 0.6 is 34.7 Å². The molecule has 1 aromatic heterocycles. The van der Waals surface area contributed by atoms with Gasteiger partial charge in [0, 0.05) is 27.1 Å². The Morgan fingerprint density at radius 1 is 0.950 bits per heavy atom. The number of benzene rings is 3. The number of para-hydroxylation sites is 2. The maximum absolute atomic E-state index is 13.9. The van der Waals surface area contributed by atoms with E-state index < -0.39 is 23.0 Å². The van der Waals surface area contributed by atoms with Gasteiger partial charge < -0.3 is 10.1 Å². The van der Waals surface area contributed by atoms with E-state index in [4.69, 9.17) is 16.3 Å². The Morgan fingerprint density at radius 3 is 2.38 bits per heavy atom. The smallest absolute Gasteiger partial charge is 0.308 e. The van der Waals surface area contributed by atoms with Crippen LogP contribution in [0.1, 0.15) is 16.4 Å². The average molecular weight is 592 g/mol. The first-order valence-corrected chi connectivity index (χ1v) is 14.5. The first kappa shape index (κ1) is 26.4. The van der Waals surface area contributed by atoms with Gasteiger partial charge in [0.05, 0.1) is 23.7 Å². The van der Waals surface area contributed by atoms with Gasteiger partial charge in [-0.25, -0.2) is 4.90 Å². The number of imide groups is 1. The van der Waals surface area contributed by atoms with Gasteiger partial charge >= 0.3 is 4.87 Å². The van der Waals surface area contributed by atoms with Crippen molar-refractivity contribution in [1.82, 2.24) is 4.57 Å². The number of ether oxygens (including phenoxy) is 1. The minimum atomic E-state index is -0.783. The van der Waals surface area contributed by atoms with E-state index in [0.717, 1.165) is 11.3 Å². The van der Waals surface area contributed by atoms with Crippen LogP contribution in [0.25, 0.3) is 0 Å². The van der Waals surface area contributed by atoms with Crippen molar-refractivity contribution in [2.24, 2.45) is 5.92 Å². The summed E-state index contributed by atoms with van der Waals surface area (Å²) in [5.41, 5.74) is 1.74. The summed E-state index contributed by atoms with van der Waals surface area (Å²) in [5, 5.41) is 3.05. The Bertz CT molecular complexity index is 1690. The van der Waals surface area contributed by atoms with Crippen LogP contribution in [0.3, 0.4) is 0 Å². The third-order valence-corrected chi connectivity index (χ3v) is 9.82. The molecule has 0 bridgehead atoms. The number of nitrogens with one attached hydrogen (secondary N) is 1. The molecule has 1 saturated heterocycles. The summed E-state index contributed by atoms with van der Waals surface area (Å²) < 4.78 is 7.03. The van der Waals surface area contributed by atoms with Gasteiger partial charge in [0.15, 0.2) is 0 Å². The van der Waals surface area contributed by atoms with Crippen LogP contribution in [0.5, 0.6) is 5.75 Å². The molecule has 3 aromatic carbocycles. The van der Waals surface area contributed by atoms with Gasteiger partial charge in [0.2, 0.25) is 17.7 Å². The average Bonchev–Trinajstić information content (AvgIpc) is 3.40. The monoisotopic (exact) mass is 591 g/mol. The van der Waals surface area contributed by atoms with Crippen LogP contribution in [-0.2, 0) is 20.9 Å². The molecule has 11 heteroatoms. The highest BCUT2D eigenvalue weighted by atomic mass is 35.5. The van der Waals surface area contributed by atoms with Gasteiger partial charge in [-0.1, -0.05) is 71.1 Å². The number of carbonyl (C=O) groups excluding carboxylic acids is 3. The molecule has 8 nitrogen and oxygen atoms in total. The summed E-state index contributed by atoms with van der Waals surface area (Å²) in [5.74, 6) is -1.90. The highest BCUT2D eigenvalue weighted by molar-refractivity contribution is 8.00. The predicted octanol–water partition coefficient (Wildman–Crippen LogP) is 5.01. The van der Waals surface area contributed by atoms with Crippen molar-refractivity contribution in [3.05, 3.63) is 104 Å². The maximum Gasteiger partial charge on any atom is 0.308 e. The van der Waals surface area contributed by atoms with E-state index in [1.807, 2.05) is 24.3 Å². The fraction of sp³-hybridized carbons (Fsp3) is 0.172. The SMILES string of the molecule is COc1ccccc1C1c2sc(=O)n(CC(=O)Nc3ccc(Cl)cc3)c2SC2C(=O)N(c3ccccc3)C(=O)C21. The molecule has 0 spiro atoms. The minimum absolute atomic E-state index is 0.249. The van der Waals surface area contributed by atoms with Gasteiger partial charge in [-0.15, -0.1) is 0 Å². The molecular weight excluding hydrogens is 570 g/mol. The molecule has 3 unspecified atom stereocenters. The fourth-order valence-electron chi connectivity index (χ4n) is 5.22. The zero-order valence-electron chi connectivity index (χ0n) is 21.1. The Kier molecular flexibility index (Phi) is 6.99. The molecule has 202 valence electrons. The lowest BCUT2D eigenvalue weighted by Gasteiger charge is -2.31. The Morgan fingerprint density at radius 2 is 1.65 bits per heavy atom. The first-order chi connectivity index (χ1) is 19.4. The van der Waals surface area contributed by atoms with E-state index in [9.17, 15) is 19.2 Å². The van der Waals surface area contributed by atoms with Crippen molar-refractivity contribution in [2.45, 2.75) is 22.7 Å². The molecule has 40 heavy (non-hydrogen) atoms. The number of thioether (sulfide) groups is 1. The lowest BCUT2D eigenvalue weighted by molar-refractivity contribution is -0.122. The summed E-state index contributed by atoms with van der Waals surface area (Å²) in [4.78, 5) is 55.5. The number of amides is 3. The molecule has 0 radical (unpaired) electrons. The molecule has 0 aliphatic carbocycles. The maximum atomic E-state index is 13.9. The zero-order valence-corrected chi connectivity index (χ0v) is 23.5. The molecule has 3 heterocycles. The van der Waals surface area contributed by atoms with Crippen molar-refractivity contribution in [2.75, 3.05) is 17.3 Å². The lowest BCUT2D eigenvalue weighted by atomic mass is 9.82. The normalized spacial score (nSPS) is 19.8. The third-order valence-electron chi connectivity index (χ3n) is 6.97. The number of hydrogen-bond acceptors (Lipinski definition) is 7.